The number of hydrogen-bond acceptors (Lipinski definition) is 5. The molecule has 1 heterocycles. The molecule has 2 N–H and O–H groups in total. The third kappa shape index (κ3) is 3.73. The lowest BCUT2D eigenvalue weighted by Crippen LogP contribution is -2.37. The van der Waals surface area contributed by atoms with Crippen LogP contribution in [0, 0.1) is 6.92 Å². The molecular weight excluding hydrogens is 296 g/mol. The Morgan fingerprint density at radius 3 is 2.65 bits per heavy atom. The molecule has 20 heavy (non-hydrogen) atoms. The summed E-state index contributed by atoms with van der Waals surface area (Å²) in [4.78, 5) is 27.5. The van der Waals surface area contributed by atoms with Gasteiger partial charge in [-0.05, 0) is 26.7 Å². The quantitative estimate of drug-likeness (QED) is 0.817. The molecule has 0 saturated heterocycles. The predicted molar refractivity (Wildman–Crippen MR) is 79.5 cm³/mol. The number of carboxylic acids is 1. The first-order valence-electron chi connectivity index (χ1n) is 6.65. The molecule has 1 amide bonds. The Morgan fingerprint density at radius 1 is 1.45 bits per heavy atom. The highest BCUT2D eigenvalue weighted by Crippen LogP contribution is 2.30. The summed E-state index contributed by atoms with van der Waals surface area (Å²) >= 11 is 2.45. The van der Waals surface area contributed by atoms with Crippen molar-refractivity contribution in [2.75, 3.05) is 0 Å². The number of nitrogens with zero attached hydrogens (tertiary/aromatic N) is 1. The largest absolute Gasteiger partial charge is 0.477 e. The topological polar surface area (TPSA) is 79.3 Å². The molecule has 0 radical (unpaired) electrons. The fourth-order valence-electron chi connectivity index (χ4n) is 2.21. The first-order chi connectivity index (χ1) is 9.47. The van der Waals surface area contributed by atoms with E-state index in [1.54, 1.807) is 6.92 Å². The van der Waals surface area contributed by atoms with Crippen molar-refractivity contribution in [2.45, 2.75) is 55.2 Å². The van der Waals surface area contributed by atoms with Gasteiger partial charge >= 0.3 is 5.97 Å². The normalized spacial score (nSPS) is 17.1. The van der Waals surface area contributed by atoms with Crippen molar-refractivity contribution >= 4 is 35.0 Å². The number of aromatic nitrogens is 1. The maximum atomic E-state index is 12.1. The van der Waals surface area contributed by atoms with Crippen molar-refractivity contribution < 1.29 is 14.7 Å². The summed E-state index contributed by atoms with van der Waals surface area (Å²) in [5.41, 5.74) is 0.508. The van der Waals surface area contributed by atoms with Gasteiger partial charge in [0.1, 0.15) is 4.88 Å². The van der Waals surface area contributed by atoms with E-state index < -0.39 is 5.97 Å². The molecular formula is C13H18N2O3S2. The number of hydrogen-bond donors (Lipinski definition) is 2. The Labute approximate surface area is 126 Å². The van der Waals surface area contributed by atoms with Crippen LogP contribution >= 0.6 is 23.1 Å². The van der Waals surface area contributed by atoms with E-state index in [1.807, 2.05) is 6.92 Å². The number of amides is 1. The van der Waals surface area contributed by atoms with Crippen LogP contribution in [-0.4, -0.2) is 33.3 Å². The lowest BCUT2D eigenvalue weighted by atomic mass is 10.2. The number of carbonyl (C=O) groups is 2. The maximum Gasteiger partial charge on any atom is 0.347 e. The molecule has 0 aromatic carbocycles. The van der Waals surface area contributed by atoms with Crippen LogP contribution in [0.4, 0.5) is 0 Å². The molecule has 0 aliphatic heterocycles. The Hall–Kier alpha value is -1.08. The fourth-order valence-corrected chi connectivity index (χ4v) is 4.39. The highest BCUT2D eigenvalue weighted by molar-refractivity contribution is 8.02. The predicted octanol–water partition coefficient (Wildman–Crippen LogP) is 2.69. The molecule has 1 unspecified atom stereocenters. The molecule has 1 aromatic rings. The maximum absolute atomic E-state index is 12.1. The van der Waals surface area contributed by atoms with Gasteiger partial charge in [-0.3, -0.25) is 4.79 Å². The smallest absolute Gasteiger partial charge is 0.347 e. The molecule has 7 heteroatoms. The zero-order valence-electron chi connectivity index (χ0n) is 11.5. The Kier molecular flexibility index (Phi) is 5.04. The van der Waals surface area contributed by atoms with Crippen molar-refractivity contribution in [3.8, 4) is 0 Å². The lowest BCUT2D eigenvalue weighted by Gasteiger charge is -2.15. The fraction of sp³-hybridized carbons (Fsp3) is 0.615. The summed E-state index contributed by atoms with van der Waals surface area (Å²) < 4.78 is 0.633. The highest BCUT2D eigenvalue weighted by Gasteiger charge is 2.23. The minimum atomic E-state index is -0.963. The second-order valence-electron chi connectivity index (χ2n) is 4.95. The van der Waals surface area contributed by atoms with Gasteiger partial charge in [0.15, 0.2) is 4.34 Å². The standard InChI is InChI=1S/C13H18N2O3S2/c1-7-10(12(17)18)20-13(14-7)19-8(2)11(16)15-9-5-3-4-6-9/h8-9H,3-6H2,1-2H3,(H,15,16)(H,17,18). The molecule has 1 fully saturated rings. The molecule has 2 rings (SSSR count). The average molecular weight is 314 g/mol. The van der Waals surface area contributed by atoms with Gasteiger partial charge in [0.2, 0.25) is 5.91 Å². The summed E-state index contributed by atoms with van der Waals surface area (Å²) in [6, 6.07) is 0.304. The molecule has 0 spiro atoms. The van der Waals surface area contributed by atoms with E-state index in [1.165, 1.54) is 24.6 Å². The van der Waals surface area contributed by atoms with Crippen LogP contribution < -0.4 is 5.32 Å². The number of carbonyl (C=O) groups excluding carboxylic acids is 1. The van der Waals surface area contributed by atoms with Gasteiger partial charge < -0.3 is 10.4 Å². The SMILES string of the molecule is Cc1nc(SC(C)C(=O)NC2CCCC2)sc1C(=O)O. The highest BCUT2D eigenvalue weighted by atomic mass is 32.2. The third-order valence-corrected chi connectivity index (χ3v) is 5.66. The zero-order valence-corrected chi connectivity index (χ0v) is 13.1. The van der Waals surface area contributed by atoms with E-state index in [0.717, 1.165) is 24.2 Å². The van der Waals surface area contributed by atoms with Crippen LogP contribution in [0.2, 0.25) is 0 Å². The van der Waals surface area contributed by atoms with Gasteiger partial charge in [-0.2, -0.15) is 0 Å². The summed E-state index contributed by atoms with van der Waals surface area (Å²) in [5.74, 6) is -0.957. The van der Waals surface area contributed by atoms with Crippen LogP contribution in [0.15, 0.2) is 4.34 Å². The van der Waals surface area contributed by atoms with Crippen molar-refractivity contribution in [3.05, 3.63) is 10.6 Å². The van der Waals surface area contributed by atoms with E-state index in [9.17, 15) is 9.59 Å². The van der Waals surface area contributed by atoms with Crippen molar-refractivity contribution in [1.29, 1.82) is 0 Å². The van der Waals surface area contributed by atoms with Crippen LogP contribution in [0.5, 0.6) is 0 Å². The number of thiazole rings is 1. The van der Waals surface area contributed by atoms with Gasteiger partial charge in [-0.15, -0.1) is 11.3 Å². The van der Waals surface area contributed by atoms with Crippen molar-refractivity contribution in [2.24, 2.45) is 0 Å². The average Bonchev–Trinajstić information content (AvgIpc) is 2.98. The minimum absolute atomic E-state index is 0.00614. The first-order valence-corrected chi connectivity index (χ1v) is 8.34. The molecule has 1 aliphatic rings. The lowest BCUT2D eigenvalue weighted by molar-refractivity contribution is -0.120. The van der Waals surface area contributed by atoms with E-state index >= 15 is 0 Å². The Morgan fingerprint density at radius 2 is 2.10 bits per heavy atom. The molecule has 0 bridgehead atoms. The van der Waals surface area contributed by atoms with E-state index in [4.69, 9.17) is 5.11 Å². The van der Waals surface area contributed by atoms with Crippen molar-refractivity contribution in [1.82, 2.24) is 10.3 Å². The van der Waals surface area contributed by atoms with Crippen LogP contribution in [-0.2, 0) is 4.79 Å². The van der Waals surface area contributed by atoms with Gasteiger partial charge in [0, 0.05) is 6.04 Å². The third-order valence-electron chi connectivity index (χ3n) is 3.32. The van der Waals surface area contributed by atoms with Gasteiger partial charge in [-0.25, -0.2) is 9.78 Å². The number of aryl methyl sites for hydroxylation is 1. The summed E-state index contributed by atoms with van der Waals surface area (Å²) in [7, 11) is 0. The van der Waals surface area contributed by atoms with Gasteiger partial charge in [0.25, 0.3) is 0 Å². The van der Waals surface area contributed by atoms with Crippen LogP contribution in [0.25, 0.3) is 0 Å². The second kappa shape index (κ2) is 6.58. The molecule has 110 valence electrons. The summed E-state index contributed by atoms with van der Waals surface area (Å²) in [6.07, 6.45) is 4.48. The number of rotatable bonds is 5. The molecule has 1 aromatic heterocycles. The minimum Gasteiger partial charge on any atom is -0.477 e. The van der Waals surface area contributed by atoms with Gasteiger partial charge in [-0.1, -0.05) is 24.6 Å². The first kappa shape index (κ1) is 15.3. The number of nitrogens with one attached hydrogen (secondary N) is 1. The number of aromatic carboxylic acids is 1. The Balaban J connectivity index is 1.93. The summed E-state index contributed by atoms with van der Waals surface area (Å²) in [6.45, 7) is 3.50. The van der Waals surface area contributed by atoms with E-state index in [0.29, 0.717) is 16.1 Å². The molecule has 1 atom stereocenters. The zero-order chi connectivity index (χ0) is 14.7. The van der Waals surface area contributed by atoms with E-state index in [2.05, 4.69) is 10.3 Å². The van der Waals surface area contributed by atoms with Gasteiger partial charge in [0.05, 0.1) is 10.9 Å². The Bertz CT molecular complexity index is 510. The van der Waals surface area contributed by atoms with Crippen LogP contribution in [0.1, 0.15) is 48.0 Å². The second-order valence-corrected chi connectivity index (χ2v) is 7.54. The van der Waals surface area contributed by atoms with E-state index in [-0.39, 0.29) is 16.0 Å². The molecule has 1 aliphatic carbocycles. The number of thioether (sulfide) groups is 1. The monoisotopic (exact) mass is 314 g/mol. The number of carboxylic acid groups (broad SMARTS) is 1. The molecule has 5 nitrogen and oxygen atoms in total. The van der Waals surface area contributed by atoms with Crippen LogP contribution in [0.3, 0.4) is 0 Å². The van der Waals surface area contributed by atoms with Crippen molar-refractivity contribution in [3.63, 3.8) is 0 Å². The summed E-state index contributed by atoms with van der Waals surface area (Å²) in [5, 5.41) is 11.8. The molecule has 1 saturated carbocycles.